The largest absolute Gasteiger partial charge is 0.497 e. The fourth-order valence-corrected chi connectivity index (χ4v) is 4.49. The summed E-state index contributed by atoms with van der Waals surface area (Å²) in [6.45, 7) is 2.58. The van der Waals surface area contributed by atoms with Crippen molar-refractivity contribution < 1.29 is 13.2 Å². The molecule has 0 N–H and O–H groups in total. The van der Waals surface area contributed by atoms with Crippen LogP contribution in [0, 0.1) is 0 Å². The molecule has 0 unspecified atom stereocenters. The molecule has 0 atom stereocenters. The minimum absolute atomic E-state index is 0.512. The van der Waals surface area contributed by atoms with E-state index in [1.807, 2.05) is 18.2 Å². The van der Waals surface area contributed by atoms with Gasteiger partial charge in [0.25, 0.3) is 0 Å². The first kappa shape index (κ1) is 15.5. The van der Waals surface area contributed by atoms with Crippen LogP contribution in [0.5, 0.6) is 5.75 Å². The minimum Gasteiger partial charge on any atom is -0.497 e. The number of thiazole rings is 1. The zero-order valence-corrected chi connectivity index (χ0v) is 14.3. The smallest absolute Gasteiger partial charge is 0.211 e. The second-order valence-corrected chi connectivity index (χ2v) is 8.32. The zero-order valence-electron chi connectivity index (χ0n) is 12.7. The van der Waals surface area contributed by atoms with Crippen LogP contribution in [0.3, 0.4) is 0 Å². The third-order valence-corrected chi connectivity index (χ3v) is 6.16. The zero-order chi connectivity index (χ0) is 15.7. The predicted octanol–water partition coefficient (Wildman–Crippen LogP) is 1.78. The Balaban J connectivity index is 1.82. The van der Waals surface area contributed by atoms with Gasteiger partial charge in [0.2, 0.25) is 10.0 Å². The van der Waals surface area contributed by atoms with Gasteiger partial charge in [0.05, 0.1) is 23.6 Å². The maximum Gasteiger partial charge on any atom is 0.211 e. The van der Waals surface area contributed by atoms with E-state index in [1.165, 1.54) is 6.26 Å². The van der Waals surface area contributed by atoms with Crippen LogP contribution in [0.4, 0.5) is 5.13 Å². The lowest BCUT2D eigenvalue weighted by Crippen LogP contribution is -2.34. The molecule has 2 aromatic rings. The molecule has 1 aromatic heterocycles. The van der Waals surface area contributed by atoms with E-state index in [1.54, 1.807) is 22.8 Å². The number of ether oxygens (including phenoxy) is 1. The third kappa shape index (κ3) is 3.18. The van der Waals surface area contributed by atoms with Crippen molar-refractivity contribution in [2.24, 2.45) is 0 Å². The first-order valence-corrected chi connectivity index (χ1v) is 9.78. The molecule has 0 radical (unpaired) electrons. The molecule has 0 spiro atoms. The highest BCUT2D eigenvalue weighted by molar-refractivity contribution is 7.88. The summed E-state index contributed by atoms with van der Waals surface area (Å²) in [6, 6.07) is 5.84. The SMILES string of the molecule is COc1ccc2nc(N3CCCN(S(C)(=O)=O)CC3)sc2c1. The molecule has 0 amide bonds. The lowest BCUT2D eigenvalue weighted by Gasteiger charge is -2.19. The molecule has 3 rings (SSSR count). The number of hydrogen-bond donors (Lipinski definition) is 0. The van der Waals surface area contributed by atoms with Crippen molar-refractivity contribution >= 4 is 36.7 Å². The number of benzene rings is 1. The third-order valence-electron chi connectivity index (χ3n) is 3.78. The summed E-state index contributed by atoms with van der Waals surface area (Å²) in [5.74, 6) is 0.821. The Kier molecular flexibility index (Phi) is 4.24. The van der Waals surface area contributed by atoms with E-state index >= 15 is 0 Å². The van der Waals surface area contributed by atoms with Gasteiger partial charge in [0, 0.05) is 26.2 Å². The highest BCUT2D eigenvalue weighted by Gasteiger charge is 2.22. The molecule has 120 valence electrons. The van der Waals surface area contributed by atoms with Crippen LogP contribution in [-0.2, 0) is 10.0 Å². The number of aromatic nitrogens is 1. The van der Waals surface area contributed by atoms with Crippen molar-refractivity contribution in [2.45, 2.75) is 6.42 Å². The van der Waals surface area contributed by atoms with Crippen molar-refractivity contribution in [3.63, 3.8) is 0 Å². The number of anilines is 1. The Bertz CT molecular complexity index is 773. The number of methoxy groups -OCH3 is 1. The van der Waals surface area contributed by atoms with Crippen LogP contribution in [0.1, 0.15) is 6.42 Å². The Morgan fingerprint density at radius 3 is 2.77 bits per heavy atom. The first-order valence-electron chi connectivity index (χ1n) is 7.12. The van der Waals surface area contributed by atoms with E-state index in [2.05, 4.69) is 9.88 Å². The van der Waals surface area contributed by atoms with Gasteiger partial charge in [-0.15, -0.1) is 0 Å². The standard InChI is InChI=1S/C14H19N3O3S2/c1-20-11-4-5-12-13(10-11)21-14(15-12)16-6-3-7-17(9-8-16)22(2,18)19/h4-5,10H,3,6-9H2,1-2H3. The second-order valence-electron chi connectivity index (χ2n) is 5.33. The molecular formula is C14H19N3O3S2. The molecular weight excluding hydrogens is 322 g/mol. The van der Waals surface area contributed by atoms with E-state index in [4.69, 9.17) is 4.74 Å². The topological polar surface area (TPSA) is 62.7 Å². The maximum absolute atomic E-state index is 11.7. The van der Waals surface area contributed by atoms with E-state index in [0.717, 1.165) is 34.1 Å². The normalized spacial score (nSPS) is 17.6. The molecule has 8 heteroatoms. The molecule has 1 fully saturated rings. The Morgan fingerprint density at radius 2 is 2.05 bits per heavy atom. The molecule has 2 heterocycles. The van der Waals surface area contributed by atoms with Gasteiger partial charge in [0.15, 0.2) is 5.13 Å². The van der Waals surface area contributed by atoms with Gasteiger partial charge in [-0.05, 0) is 24.6 Å². The van der Waals surface area contributed by atoms with Crippen molar-refractivity contribution in [2.75, 3.05) is 44.4 Å². The summed E-state index contributed by atoms with van der Waals surface area (Å²) >= 11 is 1.62. The first-order chi connectivity index (χ1) is 10.5. The van der Waals surface area contributed by atoms with Crippen LogP contribution in [0.25, 0.3) is 10.2 Å². The number of hydrogen-bond acceptors (Lipinski definition) is 6. The van der Waals surface area contributed by atoms with Crippen molar-refractivity contribution in [1.82, 2.24) is 9.29 Å². The van der Waals surface area contributed by atoms with E-state index in [9.17, 15) is 8.42 Å². The van der Waals surface area contributed by atoms with E-state index in [-0.39, 0.29) is 0 Å². The van der Waals surface area contributed by atoms with E-state index in [0.29, 0.717) is 19.6 Å². The molecule has 1 aromatic carbocycles. The van der Waals surface area contributed by atoms with Crippen LogP contribution >= 0.6 is 11.3 Å². The van der Waals surface area contributed by atoms with Crippen LogP contribution in [0.15, 0.2) is 18.2 Å². The fourth-order valence-electron chi connectivity index (χ4n) is 2.57. The van der Waals surface area contributed by atoms with Crippen LogP contribution < -0.4 is 9.64 Å². The lowest BCUT2D eigenvalue weighted by molar-refractivity contribution is 0.415. The quantitative estimate of drug-likeness (QED) is 0.851. The Labute approximate surface area is 134 Å². The van der Waals surface area contributed by atoms with Gasteiger partial charge in [-0.2, -0.15) is 0 Å². The molecule has 0 aliphatic carbocycles. The van der Waals surface area contributed by atoms with Crippen LogP contribution in [-0.4, -0.2) is 57.3 Å². The number of nitrogens with zero attached hydrogens (tertiary/aromatic N) is 3. The molecule has 1 aliphatic rings. The van der Waals surface area contributed by atoms with Gasteiger partial charge in [0.1, 0.15) is 5.75 Å². The van der Waals surface area contributed by atoms with E-state index < -0.39 is 10.0 Å². The van der Waals surface area contributed by atoms with Gasteiger partial charge in [-0.3, -0.25) is 0 Å². The molecule has 0 saturated carbocycles. The summed E-state index contributed by atoms with van der Waals surface area (Å²) < 4.78 is 31.2. The summed E-state index contributed by atoms with van der Waals surface area (Å²) in [7, 11) is -1.46. The molecule has 1 saturated heterocycles. The predicted molar refractivity (Wildman–Crippen MR) is 89.4 cm³/mol. The van der Waals surface area contributed by atoms with Gasteiger partial charge in [-0.1, -0.05) is 11.3 Å². The van der Waals surface area contributed by atoms with Crippen molar-refractivity contribution in [3.05, 3.63) is 18.2 Å². The molecule has 22 heavy (non-hydrogen) atoms. The van der Waals surface area contributed by atoms with Gasteiger partial charge in [-0.25, -0.2) is 17.7 Å². The minimum atomic E-state index is -3.12. The monoisotopic (exact) mass is 341 g/mol. The number of rotatable bonds is 3. The molecule has 0 bridgehead atoms. The maximum atomic E-state index is 11.7. The van der Waals surface area contributed by atoms with Crippen LogP contribution in [0.2, 0.25) is 0 Å². The number of sulfonamides is 1. The average Bonchev–Trinajstić information content (AvgIpc) is 2.72. The summed E-state index contributed by atoms with van der Waals surface area (Å²) in [6.07, 6.45) is 2.08. The Morgan fingerprint density at radius 1 is 1.23 bits per heavy atom. The van der Waals surface area contributed by atoms with Crippen molar-refractivity contribution in [1.29, 1.82) is 0 Å². The summed E-state index contributed by atoms with van der Waals surface area (Å²) in [4.78, 5) is 6.83. The van der Waals surface area contributed by atoms with Gasteiger partial charge >= 0.3 is 0 Å². The highest BCUT2D eigenvalue weighted by atomic mass is 32.2. The summed E-state index contributed by atoms with van der Waals surface area (Å²) in [5.41, 5.74) is 0.949. The highest BCUT2D eigenvalue weighted by Crippen LogP contribution is 2.31. The Hall–Kier alpha value is -1.38. The average molecular weight is 341 g/mol. The van der Waals surface area contributed by atoms with Crippen molar-refractivity contribution in [3.8, 4) is 5.75 Å². The second kappa shape index (κ2) is 6.02. The van der Waals surface area contributed by atoms with Gasteiger partial charge < -0.3 is 9.64 Å². The summed E-state index contributed by atoms with van der Waals surface area (Å²) in [5, 5.41) is 0.943. The molecule has 6 nitrogen and oxygen atoms in total. The molecule has 1 aliphatic heterocycles. The lowest BCUT2D eigenvalue weighted by atomic mass is 10.3. The fraction of sp³-hybridized carbons (Fsp3) is 0.500. The number of fused-ring (bicyclic) bond motifs is 1.